The Labute approximate surface area is 209 Å². The molecule has 0 aromatic heterocycles. The Morgan fingerprint density at radius 1 is 0.324 bits per heavy atom. The zero-order valence-electron chi connectivity index (χ0n) is 21.9. The van der Waals surface area contributed by atoms with Crippen LogP contribution in [0.1, 0.15) is 99.3 Å². The van der Waals surface area contributed by atoms with Gasteiger partial charge in [0, 0.05) is 26.2 Å². The molecule has 0 aliphatic carbocycles. The summed E-state index contributed by atoms with van der Waals surface area (Å²) in [6, 6.07) is 5.36. The van der Waals surface area contributed by atoms with Crippen molar-refractivity contribution in [2.45, 2.75) is 103 Å². The van der Waals surface area contributed by atoms with Crippen molar-refractivity contribution < 1.29 is 0 Å². The molecule has 4 heterocycles. The van der Waals surface area contributed by atoms with Gasteiger partial charge in [-0.15, -0.1) is 0 Å². The summed E-state index contributed by atoms with van der Waals surface area (Å²) in [7, 11) is 0. The maximum atomic E-state index is 2.74. The van der Waals surface area contributed by atoms with Crippen LogP contribution in [-0.4, -0.2) is 72.0 Å². The van der Waals surface area contributed by atoms with Crippen LogP contribution in [0.25, 0.3) is 0 Å². The molecular formula is C30H50N4. The molecule has 1 aromatic carbocycles. The van der Waals surface area contributed by atoms with Gasteiger partial charge in [-0.2, -0.15) is 0 Å². The normalized spacial score (nSPS) is 24.5. The van der Waals surface area contributed by atoms with Crippen molar-refractivity contribution in [2.75, 3.05) is 52.4 Å². The quantitative estimate of drug-likeness (QED) is 0.492. The summed E-state index contributed by atoms with van der Waals surface area (Å²) >= 11 is 0. The molecule has 0 amide bonds. The standard InChI is InChI=1S/C30H50N4/c1-5-13-31(14-6-1)23-27-21-29(25-33-17-9-3-10-18-33)30(26-34-19-11-4-12-20-34)22-28(27)24-32-15-7-2-8-16-32/h21-22H,1-20,23-26H2. The van der Waals surface area contributed by atoms with Gasteiger partial charge < -0.3 is 0 Å². The lowest BCUT2D eigenvalue weighted by atomic mass is 9.94. The Morgan fingerprint density at radius 2 is 0.529 bits per heavy atom. The van der Waals surface area contributed by atoms with Gasteiger partial charge in [0.25, 0.3) is 0 Å². The average Bonchev–Trinajstić information content (AvgIpc) is 2.89. The molecule has 4 aliphatic heterocycles. The number of nitrogens with zero attached hydrogens (tertiary/aromatic N) is 4. The predicted molar refractivity (Wildman–Crippen MR) is 143 cm³/mol. The molecule has 0 radical (unpaired) electrons. The number of piperidine rings is 4. The van der Waals surface area contributed by atoms with E-state index in [-0.39, 0.29) is 0 Å². The van der Waals surface area contributed by atoms with Crippen molar-refractivity contribution in [3.05, 3.63) is 34.4 Å². The first-order chi connectivity index (χ1) is 16.8. The van der Waals surface area contributed by atoms with Crippen molar-refractivity contribution >= 4 is 0 Å². The van der Waals surface area contributed by atoms with Crippen LogP contribution >= 0.6 is 0 Å². The number of hydrogen-bond acceptors (Lipinski definition) is 4. The second-order valence-electron chi connectivity index (χ2n) is 11.7. The van der Waals surface area contributed by atoms with Crippen LogP contribution in [0, 0.1) is 0 Å². The zero-order valence-corrected chi connectivity index (χ0v) is 21.9. The molecule has 4 fully saturated rings. The molecule has 0 N–H and O–H groups in total. The predicted octanol–water partition coefficient (Wildman–Crippen LogP) is 5.63. The Balaban J connectivity index is 1.42. The van der Waals surface area contributed by atoms with Crippen LogP contribution in [0.3, 0.4) is 0 Å². The average molecular weight is 467 g/mol. The number of likely N-dealkylation sites (tertiary alicyclic amines) is 4. The Morgan fingerprint density at radius 3 is 0.735 bits per heavy atom. The van der Waals surface area contributed by atoms with E-state index in [0.29, 0.717) is 0 Å². The zero-order chi connectivity index (χ0) is 23.0. The lowest BCUT2D eigenvalue weighted by Crippen LogP contribution is -2.34. The highest BCUT2D eigenvalue weighted by Crippen LogP contribution is 2.27. The van der Waals surface area contributed by atoms with Gasteiger partial charge in [0.1, 0.15) is 0 Å². The highest BCUT2D eigenvalue weighted by molar-refractivity contribution is 5.39. The SMILES string of the molecule is c1c(CN2CCCCC2)c(CN2CCCCC2)cc(CN2CCCCC2)c1CN1CCCCC1. The molecule has 0 saturated carbocycles. The molecule has 0 spiro atoms. The van der Waals surface area contributed by atoms with E-state index in [9.17, 15) is 0 Å². The van der Waals surface area contributed by atoms with Crippen LogP contribution in [0.15, 0.2) is 12.1 Å². The molecule has 0 bridgehead atoms. The van der Waals surface area contributed by atoms with Crippen molar-refractivity contribution in [1.82, 2.24) is 19.6 Å². The Bertz CT molecular complexity index is 616. The highest BCUT2D eigenvalue weighted by atomic mass is 15.1. The van der Waals surface area contributed by atoms with E-state index in [4.69, 9.17) is 0 Å². The topological polar surface area (TPSA) is 13.0 Å². The van der Waals surface area contributed by atoms with Gasteiger partial charge in [-0.1, -0.05) is 37.8 Å². The van der Waals surface area contributed by atoms with Crippen molar-refractivity contribution in [3.63, 3.8) is 0 Å². The largest absolute Gasteiger partial charge is 0.299 e. The first-order valence-electron chi connectivity index (χ1n) is 14.9. The molecule has 5 rings (SSSR count). The van der Waals surface area contributed by atoms with Gasteiger partial charge in [-0.25, -0.2) is 0 Å². The molecule has 4 heteroatoms. The summed E-state index contributed by atoms with van der Waals surface area (Å²) in [4.78, 5) is 11.0. The summed E-state index contributed by atoms with van der Waals surface area (Å²) in [6.45, 7) is 15.0. The van der Waals surface area contributed by atoms with E-state index in [1.54, 1.807) is 22.3 Å². The fourth-order valence-electron chi connectivity index (χ4n) is 6.81. The maximum Gasteiger partial charge on any atom is 0.0237 e. The molecule has 190 valence electrons. The van der Waals surface area contributed by atoms with Gasteiger partial charge in [0.05, 0.1) is 0 Å². The van der Waals surface area contributed by atoms with Crippen molar-refractivity contribution in [3.8, 4) is 0 Å². The molecule has 34 heavy (non-hydrogen) atoms. The molecular weight excluding hydrogens is 416 g/mol. The second-order valence-corrected chi connectivity index (χ2v) is 11.7. The van der Waals surface area contributed by atoms with E-state index in [0.717, 1.165) is 0 Å². The smallest absolute Gasteiger partial charge is 0.0237 e. The van der Waals surface area contributed by atoms with E-state index in [2.05, 4.69) is 31.7 Å². The van der Waals surface area contributed by atoms with Gasteiger partial charge in [-0.05, 0) is 126 Å². The molecule has 4 nitrogen and oxygen atoms in total. The lowest BCUT2D eigenvalue weighted by molar-refractivity contribution is 0.204. The molecule has 1 aromatic rings. The number of hydrogen-bond donors (Lipinski definition) is 0. The number of benzene rings is 1. The maximum absolute atomic E-state index is 2.74. The van der Waals surface area contributed by atoms with Crippen LogP contribution < -0.4 is 0 Å². The summed E-state index contributed by atoms with van der Waals surface area (Å²) in [6.07, 6.45) is 16.8. The molecule has 0 atom stereocenters. The summed E-state index contributed by atoms with van der Waals surface area (Å²) in [5.41, 5.74) is 6.56. The third-order valence-electron chi connectivity index (χ3n) is 8.89. The summed E-state index contributed by atoms with van der Waals surface area (Å²) in [5.74, 6) is 0. The minimum absolute atomic E-state index is 1.17. The van der Waals surface area contributed by atoms with Crippen LogP contribution in [-0.2, 0) is 26.2 Å². The van der Waals surface area contributed by atoms with E-state index >= 15 is 0 Å². The van der Waals surface area contributed by atoms with E-state index in [1.807, 2.05) is 0 Å². The van der Waals surface area contributed by atoms with Crippen molar-refractivity contribution in [1.29, 1.82) is 0 Å². The van der Waals surface area contributed by atoms with E-state index in [1.165, 1.54) is 156 Å². The summed E-state index contributed by atoms with van der Waals surface area (Å²) in [5, 5.41) is 0. The Kier molecular flexibility index (Phi) is 9.35. The molecule has 4 aliphatic rings. The first kappa shape index (κ1) is 24.7. The minimum Gasteiger partial charge on any atom is -0.299 e. The number of rotatable bonds is 8. The van der Waals surface area contributed by atoms with Gasteiger partial charge >= 0.3 is 0 Å². The van der Waals surface area contributed by atoms with Gasteiger partial charge in [-0.3, -0.25) is 19.6 Å². The fraction of sp³-hybridized carbons (Fsp3) is 0.800. The summed E-state index contributed by atoms with van der Waals surface area (Å²) < 4.78 is 0. The second kappa shape index (κ2) is 12.9. The van der Waals surface area contributed by atoms with Crippen LogP contribution in [0.2, 0.25) is 0 Å². The van der Waals surface area contributed by atoms with Crippen molar-refractivity contribution in [2.24, 2.45) is 0 Å². The van der Waals surface area contributed by atoms with E-state index < -0.39 is 0 Å². The third-order valence-corrected chi connectivity index (χ3v) is 8.89. The van der Waals surface area contributed by atoms with Crippen LogP contribution in [0.5, 0.6) is 0 Å². The molecule has 0 unspecified atom stereocenters. The van der Waals surface area contributed by atoms with Crippen LogP contribution in [0.4, 0.5) is 0 Å². The van der Waals surface area contributed by atoms with Gasteiger partial charge in [0.2, 0.25) is 0 Å². The third kappa shape index (κ3) is 7.06. The first-order valence-corrected chi connectivity index (χ1v) is 14.9. The minimum atomic E-state index is 1.17. The van der Waals surface area contributed by atoms with Gasteiger partial charge in [0.15, 0.2) is 0 Å². The lowest BCUT2D eigenvalue weighted by Gasteiger charge is -2.33. The monoisotopic (exact) mass is 466 g/mol. The molecule has 4 saturated heterocycles. The highest BCUT2D eigenvalue weighted by Gasteiger charge is 2.21. The fourth-order valence-corrected chi connectivity index (χ4v) is 6.81. The Hall–Kier alpha value is -0.940.